The van der Waals surface area contributed by atoms with Gasteiger partial charge in [-0.15, -0.1) is 0 Å². The molecule has 2 bridgehead atoms. The molecule has 4 atom stereocenters. The van der Waals surface area contributed by atoms with Crippen LogP contribution < -0.4 is 0 Å². The summed E-state index contributed by atoms with van der Waals surface area (Å²) in [4.78, 5) is 0. The highest BCUT2D eigenvalue weighted by atomic mass is 16.7. The number of rotatable bonds is 2. The van der Waals surface area contributed by atoms with E-state index in [1.165, 1.54) is 0 Å². The van der Waals surface area contributed by atoms with Crippen LogP contribution in [0.1, 0.15) is 25.0 Å². The molecule has 26 heavy (non-hydrogen) atoms. The molecule has 2 saturated heterocycles. The number of nitrogens with zero attached hydrogens (tertiary/aromatic N) is 3. The summed E-state index contributed by atoms with van der Waals surface area (Å²) < 4.78 is 12.0. The van der Waals surface area contributed by atoms with Gasteiger partial charge in [0.15, 0.2) is 5.41 Å². The zero-order valence-corrected chi connectivity index (χ0v) is 14.8. The molecule has 1 aromatic rings. The number of hydrogen-bond acceptors (Lipinski definition) is 6. The standard InChI is InChI=1S/C20H18N4O2/c1-4-5-16-18(10-21,11-22)19(12-23)14(3)20(25-16,26-17(19)24)15-8-6-13(2)7-9-15/h4-9,14,16,24H,1-3H3. The van der Waals surface area contributed by atoms with Gasteiger partial charge in [-0.2, -0.15) is 15.8 Å². The molecule has 2 aliphatic heterocycles. The van der Waals surface area contributed by atoms with Crippen molar-refractivity contribution in [2.75, 3.05) is 0 Å². The van der Waals surface area contributed by atoms with Crippen molar-refractivity contribution in [1.29, 1.82) is 21.2 Å². The molecule has 2 fully saturated rings. The van der Waals surface area contributed by atoms with Crippen LogP contribution in [0.2, 0.25) is 0 Å². The van der Waals surface area contributed by atoms with Gasteiger partial charge in [-0.1, -0.05) is 48.9 Å². The molecular weight excluding hydrogens is 328 g/mol. The van der Waals surface area contributed by atoms with Crippen molar-refractivity contribution in [1.82, 2.24) is 0 Å². The molecule has 0 aromatic heterocycles. The fourth-order valence-corrected chi connectivity index (χ4v) is 4.04. The number of nitrogens with one attached hydrogen (secondary N) is 1. The maximum Gasteiger partial charge on any atom is 0.244 e. The lowest BCUT2D eigenvalue weighted by atomic mass is 9.54. The molecule has 0 saturated carbocycles. The summed E-state index contributed by atoms with van der Waals surface area (Å²) in [6, 6.07) is 13.5. The van der Waals surface area contributed by atoms with Gasteiger partial charge in [0.25, 0.3) is 0 Å². The lowest BCUT2D eigenvalue weighted by Crippen LogP contribution is -2.60. The van der Waals surface area contributed by atoms with E-state index in [1.807, 2.05) is 43.3 Å². The first-order valence-electron chi connectivity index (χ1n) is 8.28. The largest absolute Gasteiger partial charge is 0.443 e. The molecule has 0 aliphatic carbocycles. The summed E-state index contributed by atoms with van der Waals surface area (Å²) in [5.41, 5.74) is -1.92. The van der Waals surface area contributed by atoms with Gasteiger partial charge in [0, 0.05) is 5.56 Å². The summed E-state index contributed by atoms with van der Waals surface area (Å²) in [7, 11) is 0. The molecule has 4 unspecified atom stereocenters. The van der Waals surface area contributed by atoms with E-state index < -0.39 is 34.5 Å². The third-order valence-electron chi connectivity index (χ3n) is 5.53. The second kappa shape index (κ2) is 5.70. The van der Waals surface area contributed by atoms with Crippen molar-refractivity contribution in [3.8, 4) is 18.2 Å². The minimum Gasteiger partial charge on any atom is -0.443 e. The van der Waals surface area contributed by atoms with Gasteiger partial charge in [0.1, 0.15) is 6.10 Å². The smallest absolute Gasteiger partial charge is 0.244 e. The number of hydrogen-bond donors (Lipinski definition) is 1. The molecule has 2 aliphatic rings. The average molecular weight is 346 g/mol. The van der Waals surface area contributed by atoms with Crippen LogP contribution in [0.15, 0.2) is 36.4 Å². The van der Waals surface area contributed by atoms with E-state index in [4.69, 9.17) is 14.9 Å². The predicted octanol–water partition coefficient (Wildman–Crippen LogP) is 3.31. The number of aryl methyl sites for hydroxylation is 1. The van der Waals surface area contributed by atoms with Crippen molar-refractivity contribution in [2.45, 2.75) is 32.7 Å². The highest BCUT2D eigenvalue weighted by Gasteiger charge is 2.79. The van der Waals surface area contributed by atoms with Crippen molar-refractivity contribution in [3.05, 3.63) is 47.5 Å². The van der Waals surface area contributed by atoms with Crippen LogP contribution in [0.25, 0.3) is 0 Å². The van der Waals surface area contributed by atoms with Crippen LogP contribution in [-0.4, -0.2) is 12.0 Å². The monoisotopic (exact) mass is 346 g/mol. The summed E-state index contributed by atoms with van der Waals surface area (Å²) in [6.45, 7) is 5.38. The van der Waals surface area contributed by atoms with E-state index in [2.05, 4.69) is 6.07 Å². The normalized spacial score (nSPS) is 34.5. The van der Waals surface area contributed by atoms with E-state index in [0.29, 0.717) is 5.56 Å². The van der Waals surface area contributed by atoms with Crippen molar-refractivity contribution < 1.29 is 9.47 Å². The quantitative estimate of drug-likeness (QED) is 0.825. The molecule has 130 valence electrons. The highest BCUT2D eigenvalue weighted by molar-refractivity contribution is 5.89. The Balaban J connectivity index is 2.33. The van der Waals surface area contributed by atoms with Gasteiger partial charge in [-0.3, -0.25) is 5.41 Å². The molecule has 6 nitrogen and oxygen atoms in total. The molecule has 0 spiro atoms. The minimum atomic E-state index is -1.88. The zero-order valence-electron chi connectivity index (χ0n) is 14.8. The first-order valence-corrected chi connectivity index (χ1v) is 8.28. The summed E-state index contributed by atoms with van der Waals surface area (Å²) in [6.07, 6.45) is 2.23. The lowest BCUT2D eigenvalue weighted by molar-refractivity contribution is -0.273. The van der Waals surface area contributed by atoms with Crippen LogP contribution in [0, 0.1) is 63.1 Å². The molecule has 0 radical (unpaired) electrons. The van der Waals surface area contributed by atoms with Gasteiger partial charge >= 0.3 is 0 Å². The summed E-state index contributed by atoms with van der Waals surface area (Å²) in [5, 5.41) is 38.2. The van der Waals surface area contributed by atoms with Crippen LogP contribution in [0.4, 0.5) is 0 Å². The van der Waals surface area contributed by atoms with Crippen molar-refractivity contribution >= 4 is 5.90 Å². The second-order valence-electron chi connectivity index (χ2n) is 6.70. The first-order chi connectivity index (χ1) is 12.4. The highest BCUT2D eigenvalue weighted by Crippen LogP contribution is 2.65. The molecule has 2 heterocycles. The fourth-order valence-electron chi connectivity index (χ4n) is 4.04. The van der Waals surface area contributed by atoms with E-state index in [1.54, 1.807) is 26.0 Å². The van der Waals surface area contributed by atoms with Gasteiger partial charge < -0.3 is 9.47 Å². The Bertz CT molecular complexity index is 901. The van der Waals surface area contributed by atoms with Gasteiger partial charge in [-0.25, -0.2) is 0 Å². The molecular formula is C20H18N4O2. The Morgan fingerprint density at radius 2 is 1.73 bits per heavy atom. The Morgan fingerprint density at radius 3 is 2.23 bits per heavy atom. The Kier molecular flexibility index (Phi) is 3.87. The van der Waals surface area contributed by atoms with Crippen LogP contribution in [-0.2, 0) is 15.3 Å². The number of fused-ring (bicyclic) bond motifs is 2. The SMILES string of the molecule is CC=CC1OC2(c3ccc(C)cc3)OC(=N)C(C#N)(C2C)C1(C#N)C#N. The third kappa shape index (κ3) is 1.79. The molecule has 3 rings (SSSR count). The Labute approximate surface area is 152 Å². The lowest BCUT2D eigenvalue weighted by Gasteiger charge is -2.47. The average Bonchev–Trinajstić information content (AvgIpc) is 2.80. The summed E-state index contributed by atoms with van der Waals surface area (Å²) >= 11 is 0. The van der Waals surface area contributed by atoms with E-state index >= 15 is 0 Å². The van der Waals surface area contributed by atoms with E-state index in [0.717, 1.165) is 5.56 Å². The van der Waals surface area contributed by atoms with Crippen molar-refractivity contribution in [2.24, 2.45) is 16.7 Å². The maximum absolute atomic E-state index is 10.0. The van der Waals surface area contributed by atoms with Crippen LogP contribution in [0.3, 0.4) is 0 Å². The first kappa shape index (κ1) is 17.7. The number of allylic oxidation sites excluding steroid dienone is 1. The summed E-state index contributed by atoms with van der Waals surface area (Å²) in [5.74, 6) is -2.53. The molecule has 1 N–H and O–H groups in total. The van der Waals surface area contributed by atoms with Gasteiger partial charge in [-0.05, 0) is 13.8 Å². The molecule has 6 heteroatoms. The predicted molar refractivity (Wildman–Crippen MR) is 92.2 cm³/mol. The fraction of sp³-hybridized carbons (Fsp3) is 0.400. The van der Waals surface area contributed by atoms with Crippen LogP contribution in [0.5, 0.6) is 0 Å². The molecule has 1 aromatic carbocycles. The Hall–Kier alpha value is -3.14. The topological polar surface area (TPSA) is 114 Å². The molecule has 0 amide bonds. The van der Waals surface area contributed by atoms with Crippen LogP contribution >= 0.6 is 0 Å². The van der Waals surface area contributed by atoms with Gasteiger partial charge in [0.05, 0.1) is 24.1 Å². The van der Waals surface area contributed by atoms with Crippen molar-refractivity contribution in [3.63, 3.8) is 0 Å². The Morgan fingerprint density at radius 1 is 1.12 bits per heavy atom. The second-order valence-corrected chi connectivity index (χ2v) is 6.70. The van der Waals surface area contributed by atoms with E-state index in [-0.39, 0.29) is 0 Å². The maximum atomic E-state index is 10.0. The number of benzene rings is 1. The zero-order chi connectivity index (χ0) is 19.2. The van der Waals surface area contributed by atoms with Gasteiger partial charge in [0.2, 0.25) is 17.1 Å². The van der Waals surface area contributed by atoms with E-state index in [9.17, 15) is 15.8 Å². The number of ether oxygens (including phenoxy) is 2. The third-order valence-corrected chi connectivity index (χ3v) is 5.53. The minimum absolute atomic E-state index is 0.400. The number of nitriles is 3.